The fourth-order valence-electron chi connectivity index (χ4n) is 1.52. The number of hydrogen-bond acceptors (Lipinski definition) is 6. The minimum atomic E-state index is 0.666. The molecule has 0 unspecified atom stereocenters. The van der Waals surface area contributed by atoms with Crippen molar-refractivity contribution in [3.8, 4) is 5.75 Å². The first kappa shape index (κ1) is 14.3. The van der Waals surface area contributed by atoms with Crippen LogP contribution in [0.4, 0.5) is 5.69 Å². The molecule has 0 aliphatic heterocycles. The third-order valence-corrected chi connectivity index (χ3v) is 3.17. The molecular formula is C14H16N4OS. The summed E-state index contributed by atoms with van der Waals surface area (Å²) in [5.41, 5.74) is 2.59. The summed E-state index contributed by atoms with van der Waals surface area (Å²) >= 11 is 1.47. The Morgan fingerprint density at radius 1 is 1.20 bits per heavy atom. The summed E-state index contributed by atoms with van der Waals surface area (Å²) in [5, 5.41) is 11.9. The number of methoxy groups -OCH3 is 1. The van der Waals surface area contributed by atoms with E-state index in [1.54, 1.807) is 7.11 Å². The lowest BCUT2D eigenvalue weighted by atomic mass is 10.3. The van der Waals surface area contributed by atoms with Crippen LogP contribution in [0.3, 0.4) is 0 Å². The molecule has 0 saturated heterocycles. The van der Waals surface area contributed by atoms with Crippen molar-refractivity contribution in [3.63, 3.8) is 0 Å². The Kier molecular flexibility index (Phi) is 4.95. The Bertz CT molecular complexity index is 599. The smallest absolute Gasteiger partial charge is 0.209 e. The highest BCUT2D eigenvalue weighted by Crippen LogP contribution is 2.15. The van der Waals surface area contributed by atoms with E-state index in [1.165, 1.54) is 11.8 Å². The van der Waals surface area contributed by atoms with E-state index in [1.807, 2.05) is 49.7 Å². The molecular weight excluding hydrogens is 272 g/mol. The summed E-state index contributed by atoms with van der Waals surface area (Å²) in [5.74, 6) is 0.833. The number of aryl methyl sites for hydroxylation is 1. The van der Waals surface area contributed by atoms with E-state index >= 15 is 0 Å². The largest absolute Gasteiger partial charge is 0.497 e. The van der Waals surface area contributed by atoms with E-state index in [9.17, 15) is 0 Å². The summed E-state index contributed by atoms with van der Waals surface area (Å²) in [7, 11) is 1.65. The van der Waals surface area contributed by atoms with Gasteiger partial charge in [-0.1, -0.05) is 11.8 Å². The molecule has 6 heteroatoms. The van der Waals surface area contributed by atoms with Crippen molar-refractivity contribution in [2.45, 2.75) is 12.1 Å². The van der Waals surface area contributed by atoms with Crippen molar-refractivity contribution in [2.75, 3.05) is 18.7 Å². The van der Waals surface area contributed by atoms with Gasteiger partial charge >= 0.3 is 0 Å². The fraction of sp³-hybridized carbons (Fsp3) is 0.214. The number of nitrogens with zero attached hydrogens (tertiary/aromatic N) is 3. The molecule has 0 radical (unpaired) electrons. The molecule has 0 spiro atoms. The van der Waals surface area contributed by atoms with Crippen LogP contribution in [-0.2, 0) is 0 Å². The average Bonchev–Trinajstić information content (AvgIpc) is 2.50. The second-order valence-corrected chi connectivity index (χ2v) is 4.75. The normalized spacial score (nSPS) is 10.8. The highest BCUT2D eigenvalue weighted by Gasteiger charge is 2.01. The SMILES string of the molecule is COc1ccc(N/C=C/c2nc(SC)nnc2C)cc1. The van der Waals surface area contributed by atoms with E-state index in [0.717, 1.165) is 22.8 Å². The van der Waals surface area contributed by atoms with Crippen LogP contribution in [0, 0.1) is 6.92 Å². The van der Waals surface area contributed by atoms with Gasteiger partial charge in [0, 0.05) is 11.9 Å². The molecule has 1 aromatic heterocycles. The van der Waals surface area contributed by atoms with Crippen molar-refractivity contribution >= 4 is 23.5 Å². The van der Waals surface area contributed by atoms with Crippen molar-refractivity contribution in [1.29, 1.82) is 0 Å². The molecule has 0 atom stereocenters. The molecule has 0 fully saturated rings. The molecule has 0 aliphatic carbocycles. The lowest BCUT2D eigenvalue weighted by Gasteiger charge is -2.03. The van der Waals surface area contributed by atoms with Crippen LogP contribution in [-0.4, -0.2) is 28.5 Å². The number of benzene rings is 1. The molecule has 1 heterocycles. The fourth-order valence-corrected chi connectivity index (χ4v) is 1.84. The number of rotatable bonds is 5. The quantitative estimate of drug-likeness (QED) is 0.853. The van der Waals surface area contributed by atoms with Gasteiger partial charge in [-0.15, -0.1) is 5.10 Å². The Morgan fingerprint density at radius 2 is 1.95 bits per heavy atom. The summed E-state index contributed by atoms with van der Waals surface area (Å²) in [6.45, 7) is 1.89. The van der Waals surface area contributed by atoms with Crippen LogP contribution in [0.15, 0.2) is 35.6 Å². The summed E-state index contributed by atoms with van der Waals surface area (Å²) in [6, 6.07) is 7.70. The van der Waals surface area contributed by atoms with E-state index in [0.29, 0.717) is 5.16 Å². The number of ether oxygens (including phenoxy) is 1. The van der Waals surface area contributed by atoms with Crippen LogP contribution < -0.4 is 10.1 Å². The van der Waals surface area contributed by atoms with Gasteiger partial charge in [-0.2, -0.15) is 5.10 Å². The maximum atomic E-state index is 5.11. The molecule has 20 heavy (non-hydrogen) atoms. The first-order valence-electron chi connectivity index (χ1n) is 6.05. The lowest BCUT2D eigenvalue weighted by Crippen LogP contribution is -1.98. The minimum Gasteiger partial charge on any atom is -0.497 e. The topological polar surface area (TPSA) is 59.9 Å². The second kappa shape index (κ2) is 6.91. The zero-order valence-electron chi connectivity index (χ0n) is 11.6. The maximum absolute atomic E-state index is 5.11. The number of hydrogen-bond donors (Lipinski definition) is 1. The van der Waals surface area contributed by atoms with Gasteiger partial charge in [-0.3, -0.25) is 0 Å². The highest BCUT2D eigenvalue weighted by molar-refractivity contribution is 7.98. The molecule has 5 nitrogen and oxygen atoms in total. The highest BCUT2D eigenvalue weighted by atomic mass is 32.2. The molecule has 104 valence electrons. The van der Waals surface area contributed by atoms with Crippen molar-refractivity contribution in [3.05, 3.63) is 41.9 Å². The van der Waals surface area contributed by atoms with Crippen LogP contribution in [0.5, 0.6) is 5.75 Å². The zero-order valence-corrected chi connectivity index (χ0v) is 12.4. The predicted molar refractivity (Wildman–Crippen MR) is 82.0 cm³/mol. The second-order valence-electron chi connectivity index (χ2n) is 3.98. The van der Waals surface area contributed by atoms with E-state index in [-0.39, 0.29) is 0 Å². The summed E-state index contributed by atoms with van der Waals surface area (Å²) in [4.78, 5) is 4.39. The third kappa shape index (κ3) is 3.71. The molecule has 2 aromatic rings. The van der Waals surface area contributed by atoms with Crippen LogP contribution in [0.2, 0.25) is 0 Å². The summed E-state index contributed by atoms with van der Waals surface area (Å²) in [6.07, 6.45) is 5.65. The van der Waals surface area contributed by atoms with Crippen LogP contribution >= 0.6 is 11.8 Å². The molecule has 0 amide bonds. The Hall–Kier alpha value is -2.08. The molecule has 1 N–H and O–H groups in total. The van der Waals surface area contributed by atoms with Gasteiger partial charge in [0.25, 0.3) is 0 Å². The average molecular weight is 288 g/mol. The monoisotopic (exact) mass is 288 g/mol. The van der Waals surface area contributed by atoms with Crippen LogP contribution in [0.1, 0.15) is 11.4 Å². The standard InChI is InChI=1S/C14H16N4OS/c1-10-13(16-14(20-3)18-17-10)8-9-15-11-4-6-12(19-2)7-5-11/h4-9,15H,1-3H3/b9-8+. The zero-order chi connectivity index (χ0) is 14.4. The first-order chi connectivity index (χ1) is 9.72. The third-order valence-electron chi connectivity index (χ3n) is 2.64. The molecule has 0 saturated carbocycles. The van der Waals surface area contributed by atoms with Gasteiger partial charge < -0.3 is 10.1 Å². The van der Waals surface area contributed by atoms with E-state index in [4.69, 9.17) is 4.74 Å². The predicted octanol–water partition coefficient (Wildman–Crippen LogP) is 2.99. The Labute approximate surface area is 122 Å². The minimum absolute atomic E-state index is 0.666. The lowest BCUT2D eigenvalue weighted by molar-refractivity contribution is 0.415. The molecule has 1 aromatic carbocycles. The number of anilines is 1. The Balaban J connectivity index is 2.05. The van der Waals surface area contributed by atoms with E-state index < -0.39 is 0 Å². The summed E-state index contributed by atoms with van der Waals surface area (Å²) < 4.78 is 5.11. The molecule has 0 bridgehead atoms. The maximum Gasteiger partial charge on any atom is 0.209 e. The van der Waals surface area contributed by atoms with Crippen molar-refractivity contribution in [1.82, 2.24) is 15.2 Å². The Morgan fingerprint density at radius 3 is 2.60 bits per heavy atom. The molecule has 0 aliphatic rings. The van der Waals surface area contributed by atoms with Gasteiger partial charge in [0.05, 0.1) is 18.5 Å². The van der Waals surface area contributed by atoms with Gasteiger partial charge in [-0.25, -0.2) is 4.98 Å². The van der Waals surface area contributed by atoms with E-state index in [2.05, 4.69) is 20.5 Å². The number of thioether (sulfide) groups is 1. The number of aromatic nitrogens is 3. The van der Waals surface area contributed by atoms with Gasteiger partial charge in [0.15, 0.2) is 0 Å². The van der Waals surface area contributed by atoms with Gasteiger partial charge in [0.1, 0.15) is 5.75 Å². The van der Waals surface area contributed by atoms with Crippen LogP contribution in [0.25, 0.3) is 6.08 Å². The molecule has 2 rings (SSSR count). The van der Waals surface area contributed by atoms with Crippen molar-refractivity contribution in [2.24, 2.45) is 0 Å². The number of nitrogens with one attached hydrogen (secondary N) is 1. The first-order valence-corrected chi connectivity index (χ1v) is 7.28. The van der Waals surface area contributed by atoms with Crippen molar-refractivity contribution < 1.29 is 4.74 Å². The van der Waals surface area contributed by atoms with Gasteiger partial charge in [-0.05, 0) is 43.5 Å². The van der Waals surface area contributed by atoms with Gasteiger partial charge in [0.2, 0.25) is 5.16 Å².